The first kappa shape index (κ1) is 21.5. The Balaban J connectivity index is 0.00000441. The summed E-state index contributed by atoms with van der Waals surface area (Å²) in [7, 11) is 0. The third-order valence-electron chi connectivity index (χ3n) is 3.76. The van der Waals surface area contributed by atoms with E-state index in [1.54, 1.807) is 11.8 Å². The molecule has 1 fully saturated rings. The Kier molecular flexibility index (Phi) is 11.8. The fraction of sp³-hybridized carbons (Fsp3) is 0.867. The van der Waals surface area contributed by atoms with Crippen molar-refractivity contribution in [3.63, 3.8) is 0 Å². The molecule has 0 bridgehead atoms. The summed E-state index contributed by atoms with van der Waals surface area (Å²) < 4.78 is 0. The van der Waals surface area contributed by atoms with E-state index in [9.17, 15) is 9.59 Å². The van der Waals surface area contributed by atoms with Crippen molar-refractivity contribution in [3.8, 4) is 0 Å². The number of nitrogens with zero attached hydrogens (tertiary/aromatic N) is 1. The van der Waals surface area contributed by atoms with Gasteiger partial charge in [0.25, 0.3) is 0 Å². The number of amides is 2. The molecule has 0 aromatic rings. The van der Waals surface area contributed by atoms with Gasteiger partial charge in [-0.3, -0.25) is 9.59 Å². The summed E-state index contributed by atoms with van der Waals surface area (Å²) in [5.74, 6) is 1.15. The molecule has 1 rings (SSSR count). The lowest BCUT2D eigenvalue weighted by Gasteiger charge is -2.33. The SMILES string of the molecule is CCCCSC(C)C(=O)N1CCCC(C(=O)NCCN)C1.Cl. The van der Waals surface area contributed by atoms with E-state index in [1.165, 1.54) is 0 Å². The zero-order chi connectivity index (χ0) is 15.7. The molecule has 5 nitrogen and oxygen atoms in total. The summed E-state index contributed by atoms with van der Waals surface area (Å²) in [4.78, 5) is 26.3. The molecular formula is C15H30ClN3O2S. The van der Waals surface area contributed by atoms with Crippen LogP contribution in [0.4, 0.5) is 0 Å². The van der Waals surface area contributed by atoms with E-state index in [0.29, 0.717) is 19.6 Å². The van der Waals surface area contributed by atoms with Crippen LogP contribution in [0.2, 0.25) is 0 Å². The van der Waals surface area contributed by atoms with Crippen LogP contribution in [0.5, 0.6) is 0 Å². The monoisotopic (exact) mass is 351 g/mol. The van der Waals surface area contributed by atoms with E-state index in [1.807, 2.05) is 11.8 Å². The molecule has 3 N–H and O–H groups in total. The van der Waals surface area contributed by atoms with Crippen LogP contribution < -0.4 is 11.1 Å². The number of thioether (sulfide) groups is 1. The maximum atomic E-state index is 12.4. The van der Waals surface area contributed by atoms with Gasteiger partial charge in [0.1, 0.15) is 0 Å². The first-order valence-corrected chi connectivity index (χ1v) is 9.03. The summed E-state index contributed by atoms with van der Waals surface area (Å²) >= 11 is 1.72. The van der Waals surface area contributed by atoms with Gasteiger partial charge in [-0.15, -0.1) is 24.2 Å². The summed E-state index contributed by atoms with van der Waals surface area (Å²) in [6, 6.07) is 0. The Morgan fingerprint density at radius 1 is 1.45 bits per heavy atom. The fourth-order valence-corrected chi connectivity index (χ4v) is 3.56. The van der Waals surface area contributed by atoms with Crippen LogP contribution in [-0.4, -0.2) is 53.9 Å². The Morgan fingerprint density at radius 3 is 2.82 bits per heavy atom. The van der Waals surface area contributed by atoms with Crippen molar-refractivity contribution in [2.75, 3.05) is 31.9 Å². The number of carbonyl (C=O) groups is 2. The van der Waals surface area contributed by atoms with Crippen LogP contribution in [-0.2, 0) is 9.59 Å². The third kappa shape index (κ3) is 7.20. The van der Waals surface area contributed by atoms with Gasteiger partial charge in [0.2, 0.25) is 11.8 Å². The van der Waals surface area contributed by atoms with Crippen molar-refractivity contribution in [2.24, 2.45) is 11.7 Å². The third-order valence-corrected chi connectivity index (χ3v) is 4.99. The highest BCUT2D eigenvalue weighted by Crippen LogP contribution is 2.21. The molecule has 0 saturated carbocycles. The van der Waals surface area contributed by atoms with Crippen LogP contribution in [0.3, 0.4) is 0 Å². The molecule has 0 aromatic heterocycles. The Hall–Kier alpha value is -0.460. The number of carbonyl (C=O) groups excluding carboxylic acids is 2. The first-order chi connectivity index (χ1) is 10.1. The fourth-order valence-electron chi connectivity index (χ4n) is 2.46. The maximum Gasteiger partial charge on any atom is 0.235 e. The average Bonchev–Trinajstić information content (AvgIpc) is 2.52. The van der Waals surface area contributed by atoms with E-state index in [4.69, 9.17) is 5.73 Å². The topological polar surface area (TPSA) is 75.4 Å². The number of hydrogen-bond acceptors (Lipinski definition) is 4. The first-order valence-electron chi connectivity index (χ1n) is 7.98. The lowest BCUT2D eigenvalue weighted by Crippen LogP contribution is -2.48. The largest absolute Gasteiger partial charge is 0.355 e. The minimum absolute atomic E-state index is 0. The predicted octanol–water partition coefficient (Wildman–Crippen LogP) is 1.64. The Morgan fingerprint density at radius 2 is 2.18 bits per heavy atom. The Bertz CT molecular complexity index is 345. The van der Waals surface area contributed by atoms with Crippen LogP contribution in [0, 0.1) is 5.92 Å². The van der Waals surface area contributed by atoms with Crippen LogP contribution in [0.25, 0.3) is 0 Å². The molecule has 2 unspecified atom stereocenters. The number of piperidine rings is 1. The van der Waals surface area contributed by atoms with Crippen molar-refractivity contribution >= 4 is 36.0 Å². The second kappa shape index (κ2) is 12.0. The zero-order valence-corrected chi connectivity index (χ0v) is 15.3. The van der Waals surface area contributed by atoms with Gasteiger partial charge in [-0.2, -0.15) is 0 Å². The maximum absolute atomic E-state index is 12.4. The zero-order valence-electron chi connectivity index (χ0n) is 13.7. The predicted molar refractivity (Wildman–Crippen MR) is 95.4 cm³/mol. The summed E-state index contributed by atoms with van der Waals surface area (Å²) in [5, 5.41) is 2.81. The summed E-state index contributed by atoms with van der Waals surface area (Å²) in [6.07, 6.45) is 4.06. The van der Waals surface area contributed by atoms with Gasteiger partial charge >= 0.3 is 0 Å². The van der Waals surface area contributed by atoms with Gasteiger partial charge < -0.3 is 16.0 Å². The average molecular weight is 352 g/mol. The number of nitrogens with two attached hydrogens (primary N) is 1. The van der Waals surface area contributed by atoms with Crippen molar-refractivity contribution in [2.45, 2.75) is 44.8 Å². The summed E-state index contributed by atoms with van der Waals surface area (Å²) in [5.41, 5.74) is 5.40. The van der Waals surface area contributed by atoms with Crippen molar-refractivity contribution in [1.29, 1.82) is 0 Å². The van der Waals surface area contributed by atoms with Crippen LogP contribution in [0.15, 0.2) is 0 Å². The quantitative estimate of drug-likeness (QED) is 0.652. The highest BCUT2D eigenvalue weighted by atomic mass is 35.5. The number of likely N-dealkylation sites (tertiary alicyclic amines) is 1. The van der Waals surface area contributed by atoms with Gasteiger partial charge in [0.15, 0.2) is 0 Å². The molecular weight excluding hydrogens is 322 g/mol. The van der Waals surface area contributed by atoms with Gasteiger partial charge in [-0.25, -0.2) is 0 Å². The van der Waals surface area contributed by atoms with E-state index >= 15 is 0 Å². The van der Waals surface area contributed by atoms with Crippen molar-refractivity contribution in [3.05, 3.63) is 0 Å². The number of unbranched alkanes of at least 4 members (excludes halogenated alkanes) is 1. The second-order valence-electron chi connectivity index (χ2n) is 5.57. The molecule has 2 amide bonds. The van der Waals surface area contributed by atoms with E-state index in [2.05, 4.69) is 12.2 Å². The van der Waals surface area contributed by atoms with Crippen molar-refractivity contribution < 1.29 is 9.59 Å². The number of rotatable bonds is 8. The molecule has 130 valence electrons. The lowest BCUT2D eigenvalue weighted by atomic mass is 9.97. The molecule has 0 aliphatic carbocycles. The minimum atomic E-state index is -0.0814. The van der Waals surface area contributed by atoms with E-state index in [-0.39, 0.29) is 35.4 Å². The van der Waals surface area contributed by atoms with Gasteiger partial charge in [-0.05, 0) is 31.9 Å². The highest BCUT2D eigenvalue weighted by molar-refractivity contribution is 8.00. The standard InChI is InChI=1S/C15H29N3O2S.ClH/c1-3-4-10-21-12(2)15(20)18-9-5-6-13(11-18)14(19)17-8-7-16;/h12-13H,3-11,16H2,1-2H3,(H,17,19);1H. The van der Waals surface area contributed by atoms with Gasteiger partial charge in [0, 0.05) is 26.2 Å². The molecule has 1 heterocycles. The van der Waals surface area contributed by atoms with Crippen molar-refractivity contribution in [1.82, 2.24) is 10.2 Å². The number of halogens is 1. The molecule has 22 heavy (non-hydrogen) atoms. The number of nitrogens with one attached hydrogen (secondary N) is 1. The minimum Gasteiger partial charge on any atom is -0.355 e. The molecule has 0 radical (unpaired) electrons. The smallest absolute Gasteiger partial charge is 0.235 e. The molecule has 7 heteroatoms. The molecule has 0 spiro atoms. The Labute approximate surface area is 144 Å². The van der Waals surface area contributed by atoms with Crippen LogP contribution >= 0.6 is 24.2 Å². The molecule has 0 aromatic carbocycles. The van der Waals surface area contributed by atoms with Crippen LogP contribution in [0.1, 0.15) is 39.5 Å². The second-order valence-corrected chi connectivity index (χ2v) is 7.02. The normalized spacial score (nSPS) is 19.2. The molecule has 2 atom stereocenters. The number of hydrogen-bond donors (Lipinski definition) is 2. The van der Waals surface area contributed by atoms with Gasteiger partial charge in [0.05, 0.1) is 11.2 Å². The molecule has 1 saturated heterocycles. The van der Waals surface area contributed by atoms with E-state index in [0.717, 1.165) is 38.0 Å². The van der Waals surface area contributed by atoms with E-state index < -0.39 is 0 Å². The molecule has 1 aliphatic heterocycles. The summed E-state index contributed by atoms with van der Waals surface area (Å²) in [6.45, 7) is 6.41. The molecule has 1 aliphatic rings. The van der Waals surface area contributed by atoms with Gasteiger partial charge in [-0.1, -0.05) is 13.3 Å². The highest BCUT2D eigenvalue weighted by Gasteiger charge is 2.30. The lowest BCUT2D eigenvalue weighted by molar-refractivity contribution is -0.135.